The van der Waals surface area contributed by atoms with Crippen molar-refractivity contribution in [2.24, 2.45) is 5.41 Å². The average Bonchev–Trinajstić information content (AvgIpc) is 3.15. The van der Waals surface area contributed by atoms with Crippen molar-refractivity contribution < 1.29 is 9.47 Å². The number of aromatic nitrogens is 1. The second-order valence-electron chi connectivity index (χ2n) is 4.66. The average molecular weight is 236 g/mol. The van der Waals surface area contributed by atoms with Gasteiger partial charge in [0.05, 0.1) is 7.11 Å². The Bertz CT molecular complexity index is 364. The van der Waals surface area contributed by atoms with Gasteiger partial charge in [-0.1, -0.05) is 6.07 Å². The van der Waals surface area contributed by atoms with Gasteiger partial charge < -0.3 is 14.8 Å². The highest BCUT2D eigenvalue weighted by Crippen LogP contribution is 2.48. The first-order valence-corrected chi connectivity index (χ1v) is 6.02. The molecule has 0 saturated heterocycles. The van der Waals surface area contributed by atoms with E-state index in [4.69, 9.17) is 9.47 Å². The molecule has 4 heteroatoms. The van der Waals surface area contributed by atoms with E-state index in [0.717, 1.165) is 25.4 Å². The van der Waals surface area contributed by atoms with Gasteiger partial charge in [-0.3, -0.25) is 0 Å². The summed E-state index contributed by atoms with van der Waals surface area (Å²) in [5, 5.41) is 3.38. The molecule has 4 nitrogen and oxygen atoms in total. The van der Waals surface area contributed by atoms with Gasteiger partial charge in [0.2, 0.25) is 5.88 Å². The van der Waals surface area contributed by atoms with Crippen LogP contribution in [0.5, 0.6) is 5.88 Å². The van der Waals surface area contributed by atoms with Crippen molar-refractivity contribution in [3.8, 4) is 5.88 Å². The third-order valence-corrected chi connectivity index (χ3v) is 3.37. The fourth-order valence-electron chi connectivity index (χ4n) is 1.92. The second kappa shape index (κ2) is 5.36. The Morgan fingerprint density at radius 3 is 2.82 bits per heavy atom. The molecule has 1 saturated carbocycles. The summed E-state index contributed by atoms with van der Waals surface area (Å²) < 4.78 is 10.2. The van der Waals surface area contributed by atoms with Crippen molar-refractivity contribution in [3.63, 3.8) is 0 Å². The molecule has 94 valence electrons. The molecule has 2 rings (SSSR count). The van der Waals surface area contributed by atoms with Gasteiger partial charge in [0, 0.05) is 26.3 Å². The molecule has 1 aliphatic carbocycles. The van der Waals surface area contributed by atoms with Crippen molar-refractivity contribution in [1.82, 2.24) is 4.98 Å². The van der Waals surface area contributed by atoms with Crippen LogP contribution in [0.2, 0.25) is 0 Å². The lowest BCUT2D eigenvalue weighted by molar-refractivity contribution is 0.175. The van der Waals surface area contributed by atoms with Crippen LogP contribution in [-0.4, -0.2) is 32.4 Å². The van der Waals surface area contributed by atoms with Crippen LogP contribution in [0.25, 0.3) is 0 Å². The first-order valence-electron chi connectivity index (χ1n) is 6.02. The summed E-state index contributed by atoms with van der Waals surface area (Å²) in [6.45, 7) is 1.81. The second-order valence-corrected chi connectivity index (χ2v) is 4.66. The van der Waals surface area contributed by atoms with Gasteiger partial charge in [-0.25, -0.2) is 0 Å². The van der Waals surface area contributed by atoms with E-state index in [1.165, 1.54) is 12.8 Å². The van der Waals surface area contributed by atoms with Crippen molar-refractivity contribution in [3.05, 3.63) is 18.2 Å². The summed E-state index contributed by atoms with van der Waals surface area (Å²) in [5.74, 6) is 1.53. The quantitative estimate of drug-likeness (QED) is 0.789. The number of methoxy groups -OCH3 is 2. The zero-order valence-corrected chi connectivity index (χ0v) is 10.5. The first-order chi connectivity index (χ1) is 8.28. The summed E-state index contributed by atoms with van der Waals surface area (Å²) in [6, 6.07) is 5.76. The zero-order valence-electron chi connectivity index (χ0n) is 10.5. The summed E-state index contributed by atoms with van der Waals surface area (Å²) in [6.07, 6.45) is 3.70. The smallest absolute Gasteiger partial charge is 0.214 e. The Hall–Kier alpha value is -1.29. The predicted molar refractivity (Wildman–Crippen MR) is 67.4 cm³/mol. The lowest BCUT2D eigenvalue weighted by Crippen LogP contribution is -2.17. The minimum Gasteiger partial charge on any atom is -0.481 e. The Labute approximate surface area is 102 Å². The number of rotatable bonds is 7. The van der Waals surface area contributed by atoms with Crippen LogP contribution in [0.3, 0.4) is 0 Å². The largest absolute Gasteiger partial charge is 0.481 e. The minimum atomic E-state index is 0.431. The first kappa shape index (κ1) is 12.2. The molecule has 1 N–H and O–H groups in total. The number of ether oxygens (including phenoxy) is 2. The highest BCUT2D eigenvalue weighted by Gasteiger charge is 2.41. The van der Waals surface area contributed by atoms with Crippen LogP contribution in [-0.2, 0) is 4.74 Å². The van der Waals surface area contributed by atoms with E-state index >= 15 is 0 Å². The molecule has 0 aromatic carbocycles. The molecule has 1 aromatic rings. The molecule has 17 heavy (non-hydrogen) atoms. The van der Waals surface area contributed by atoms with Gasteiger partial charge in [-0.05, 0) is 30.7 Å². The molecule has 0 unspecified atom stereocenters. The number of hydrogen-bond acceptors (Lipinski definition) is 4. The number of hydrogen-bond donors (Lipinski definition) is 1. The maximum Gasteiger partial charge on any atom is 0.214 e. The van der Waals surface area contributed by atoms with Crippen LogP contribution in [0.1, 0.15) is 19.3 Å². The van der Waals surface area contributed by atoms with Gasteiger partial charge in [-0.2, -0.15) is 4.98 Å². The molecule has 0 radical (unpaired) electrons. The minimum absolute atomic E-state index is 0.431. The Morgan fingerprint density at radius 2 is 2.18 bits per heavy atom. The molecule has 1 aromatic heterocycles. The van der Waals surface area contributed by atoms with Gasteiger partial charge in [0.15, 0.2) is 0 Å². The van der Waals surface area contributed by atoms with Gasteiger partial charge in [0.25, 0.3) is 0 Å². The maximum absolute atomic E-state index is 5.14. The summed E-state index contributed by atoms with van der Waals surface area (Å²) in [7, 11) is 3.39. The number of pyridine rings is 1. The van der Waals surface area contributed by atoms with Crippen molar-refractivity contribution >= 4 is 5.82 Å². The van der Waals surface area contributed by atoms with E-state index in [1.807, 2.05) is 18.2 Å². The topological polar surface area (TPSA) is 43.4 Å². The molecular weight excluding hydrogens is 216 g/mol. The number of nitrogens with one attached hydrogen (secondary N) is 1. The summed E-state index contributed by atoms with van der Waals surface area (Å²) >= 11 is 0. The Balaban J connectivity index is 1.85. The molecule has 1 aliphatic rings. The molecule has 0 spiro atoms. The van der Waals surface area contributed by atoms with Crippen molar-refractivity contribution in [1.29, 1.82) is 0 Å². The lowest BCUT2D eigenvalue weighted by Gasteiger charge is -2.16. The van der Waals surface area contributed by atoms with E-state index in [2.05, 4.69) is 10.3 Å². The summed E-state index contributed by atoms with van der Waals surface area (Å²) in [4.78, 5) is 4.34. The lowest BCUT2D eigenvalue weighted by atomic mass is 10.0. The maximum atomic E-state index is 5.14. The Kier molecular flexibility index (Phi) is 3.84. The van der Waals surface area contributed by atoms with E-state index in [9.17, 15) is 0 Å². The van der Waals surface area contributed by atoms with Crippen molar-refractivity contribution in [2.45, 2.75) is 19.3 Å². The molecular formula is C13H20N2O2. The van der Waals surface area contributed by atoms with Gasteiger partial charge in [-0.15, -0.1) is 0 Å². The van der Waals surface area contributed by atoms with Crippen LogP contribution in [0.4, 0.5) is 5.82 Å². The van der Waals surface area contributed by atoms with Gasteiger partial charge in [0.1, 0.15) is 5.82 Å². The standard InChI is InChI=1S/C13H20N2O2/c1-16-9-8-13(6-7-13)10-14-11-4-3-5-12(15-11)17-2/h3-5H,6-10H2,1-2H3,(H,14,15). The van der Waals surface area contributed by atoms with Crippen molar-refractivity contribution in [2.75, 3.05) is 32.7 Å². The molecule has 1 heterocycles. The normalized spacial score (nSPS) is 16.6. The van der Waals surface area contributed by atoms with E-state index in [-0.39, 0.29) is 0 Å². The number of anilines is 1. The third kappa shape index (κ3) is 3.33. The summed E-state index contributed by atoms with van der Waals surface area (Å²) in [5.41, 5.74) is 0.431. The third-order valence-electron chi connectivity index (χ3n) is 3.37. The van der Waals surface area contributed by atoms with Crippen LogP contribution < -0.4 is 10.1 Å². The van der Waals surface area contributed by atoms with Gasteiger partial charge >= 0.3 is 0 Å². The molecule has 0 aliphatic heterocycles. The van der Waals surface area contributed by atoms with E-state index in [1.54, 1.807) is 14.2 Å². The number of nitrogens with zero attached hydrogens (tertiary/aromatic N) is 1. The molecule has 1 fully saturated rings. The van der Waals surface area contributed by atoms with Crippen LogP contribution >= 0.6 is 0 Å². The Morgan fingerprint density at radius 1 is 1.35 bits per heavy atom. The molecule has 0 atom stereocenters. The molecule has 0 amide bonds. The van der Waals surface area contributed by atoms with Crippen LogP contribution in [0.15, 0.2) is 18.2 Å². The van der Waals surface area contributed by atoms with E-state index in [0.29, 0.717) is 11.3 Å². The highest BCUT2D eigenvalue weighted by atomic mass is 16.5. The molecule has 0 bridgehead atoms. The fourth-order valence-corrected chi connectivity index (χ4v) is 1.92. The van der Waals surface area contributed by atoms with E-state index < -0.39 is 0 Å². The van der Waals surface area contributed by atoms with Crippen LogP contribution in [0, 0.1) is 5.41 Å². The zero-order chi connectivity index (χ0) is 12.1. The fraction of sp³-hybridized carbons (Fsp3) is 0.615. The highest BCUT2D eigenvalue weighted by molar-refractivity contribution is 5.37. The monoisotopic (exact) mass is 236 g/mol. The SMILES string of the molecule is COCCC1(CNc2cccc(OC)n2)CC1. The predicted octanol–water partition coefficient (Wildman–Crippen LogP) is 2.32.